The quantitative estimate of drug-likeness (QED) is 0.770. The van der Waals surface area contributed by atoms with Crippen molar-refractivity contribution in [3.8, 4) is 0 Å². The molecule has 0 bridgehead atoms. The van der Waals surface area contributed by atoms with Gasteiger partial charge in [-0.25, -0.2) is 13.1 Å². The Kier molecular flexibility index (Phi) is 4.17. The van der Waals surface area contributed by atoms with Crippen molar-refractivity contribution in [2.75, 3.05) is 13.1 Å². The molecule has 3 rings (SSSR count). The predicted molar refractivity (Wildman–Crippen MR) is 81.2 cm³/mol. The third-order valence-electron chi connectivity index (χ3n) is 4.26. The molecule has 1 aromatic rings. The van der Waals surface area contributed by atoms with E-state index in [-0.39, 0.29) is 0 Å². The highest BCUT2D eigenvalue weighted by atomic mass is 32.2. The molecule has 0 saturated heterocycles. The number of nitrogens with two attached hydrogens (primary N) is 1. The number of hydrogen-bond donors (Lipinski definition) is 2. The van der Waals surface area contributed by atoms with E-state index in [1.54, 1.807) is 6.07 Å². The van der Waals surface area contributed by atoms with Crippen molar-refractivity contribution in [2.45, 2.75) is 36.3 Å². The normalized spacial score (nSPS) is 19.7. The lowest BCUT2D eigenvalue weighted by molar-refractivity contribution is 0.402. The Hall–Kier alpha value is -0.430. The van der Waals surface area contributed by atoms with Crippen LogP contribution in [0.4, 0.5) is 0 Å². The average molecular weight is 314 g/mol. The Balaban J connectivity index is 1.61. The molecule has 2 saturated carbocycles. The van der Waals surface area contributed by atoms with Gasteiger partial charge in [-0.05, 0) is 68.5 Å². The largest absolute Gasteiger partial charge is 0.330 e. The summed E-state index contributed by atoms with van der Waals surface area (Å²) in [6.45, 7) is 1.17. The molecular weight excluding hydrogens is 292 g/mol. The van der Waals surface area contributed by atoms with Gasteiger partial charge in [0.1, 0.15) is 4.21 Å². The maximum absolute atomic E-state index is 12.3. The van der Waals surface area contributed by atoms with Gasteiger partial charge in [-0.15, -0.1) is 11.3 Å². The van der Waals surface area contributed by atoms with Crippen LogP contribution in [0.25, 0.3) is 0 Å². The minimum absolute atomic E-state index is 0.422. The van der Waals surface area contributed by atoms with Crippen LogP contribution in [-0.2, 0) is 16.4 Å². The molecule has 0 atom stereocenters. The molecule has 0 radical (unpaired) electrons. The molecule has 0 aliphatic heterocycles. The zero-order valence-electron chi connectivity index (χ0n) is 11.5. The minimum Gasteiger partial charge on any atom is -0.330 e. The molecule has 6 heteroatoms. The van der Waals surface area contributed by atoms with Crippen LogP contribution in [0.3, 0.4) is 0 Å². The fourth-order valence-electron chi connectivity index (χ4n) is 2.82. The fourth-order valence-corrected chi connectivity index (χ4v) is 5.31. The second-order valence-corrected chi connectivity index (χ2v) is 9.11. The Morgan fingerprint density at radius 1 is 1.25 bits per heavy atom. The van der Waals surface area contributed by atoms with Crippen LogP contribution in [-0.4, -0.2) is 21.5 Å². The summed E-state index contributed by atoms with van der Waals surface area (Å²) in [6, 6.07) is 3.56. The van der Waals surface area contributed by atoms with Crippen LogP contribution < -0.4 is 10.5 Å². The Bertz CT molecular complexity index is 547. The first-order valence-corrected chi connectivity index (χ1v) is 9.68. The lowest BCUT2D eigenvalue weighted by atomic mass is 9.99. The molecule has 0 spiro atoms. The number of nitrogens with one attached hydrogen (secondary N) is 1. The standard InChI is InChI=1S/C14H22N2O2S2/c15-8-7-12-5-6-14(19-12)20(17,18)16-9-13(10-1-2-10)11-3-4-11/h5-6,10-11,13,16H,1-4,7-9,15H2. The summed E-state index contributed by atoms with van der Waals surface area (Å²) < 4.78 is 27.9. The van der Waals surface area contributed by atoms with Gasteiger partial charge in [0.2, 0.25) is 10.0 Å². The number of rotatable bonds is 8. The van der Waals surface area contributed by atoms with Crippen molar-refractivity contribution in [1.29, 1.82) is 0 Å². The van der Waals surface area contributed by atoms with Crippen LogP contribution in [0.15, 0.2) is 16.3 Å². The number of hydrogen-bond acceptors (Lipinski definition) is 4. The van der Waals surface area contributed by atoms with Crippen molar-refractivity contribution in [3.63, 3.8) is 0 Å². The molecule has 20 heavy (non-hydrogen) atoms. The van der Waals surface area contributed by atoms with Gasteiger partial charge >= 0.3 is 0 Å². The average Bonchev–Trinajstić information content (AvgIpc) is 3.32. The van der Waals surface area contributed by atoms with E-state index < -0.39 is 10.0 Å². The molecule has 0 unspecified atom stereocenters. The van der Waals surface area contributed by atoms with Gasteiger partial charge in [0.15, 0.2) is 0 Å². The molecule has 4 nitrogen and oxygen atoms in total. The molecule has 1 heterocycles. The van der Waals surface area contributed by atoms with E-state index in [1.807, 2.05) is 6.07 Å². The summed E-state index contributed by atoms with van der Waals surface area (Å²) in [5.41, 5.74) is 5.50. The lowest BCUT2D eigenvalue weighted by Crippen LogP contribution is -2.30. The van der Waals surface area contributed by atoms with Crippen molar-refractivity contribution >= 4 is 21.4 Å². The summed E-state index contributed by atoms with van der Waals surface area (Å²) in [4.78, 5) is 1.04. The van der Waals surface area contributed by atoms with Gasteiger partial charge < -0.3 is 5.73 Å². The number of thiophene rings is 1. The van der Waals surface area contributed by atoms with E-state index in [0.29, 0.717) is 23.2 Å². The molecule has 2 aliphatic rings. The second kappa shape index (κ2) is 5.75. The van der Waals surface area contributed by atoms with Crippen molar-refractivity contribution in [1.82, 2.24) is 4.72 Å². The molecule has 3 N–H and O–H groups in total. The molecule has 2 fully saturated rings. The van der Waals surface area contributed by atoms with Crippen LogP contribution in [0, 0.1) is 17.8 Å². The van der Waals surface area contributed by atoms with E-state index in [4.69, 9.17) is 5.73 Å². The first kappa shape index (κ1) is 14.5. The van der Waals surface area contributed by atoms with Gasteiger partial charge in [-0.1, -0.05) is 0 Å². The second-order valence-electron chi connectivity index (χ2n) is 5.95. The van der Waals surface area contributed by atoms with Gasteiger partial charge in [0.25, 0.3) is 0 Å². The molecule has 2 aliphatic carbocycles. The highest BCUT2D eigenvalue weighted by Gasteiger charge is 2.41. The molecule has 0 amide bonds. The number of sulfonamides is 1. The van der Waals surface area contributed by atoms with Crippen molar-refractivity contribution in [2.24, 2.45) is 23.5 Å². The summed E-state index contributed by atoms with van der Waals surface area (Å²) in [5, 5.41) is 0. The maximum atomic E-state index is 12.3. The summed E-state index contributed by atoms with van der Waals surface area (Å²) in [6.07, 6.45) is 5.86. The summed E-state index contributed by atoms with van der Waals surface area (Å²) >= 11 is 1.33. The molecule has 0 aromatic carbocycles. The van der Waals surface area contributed by atoms with Crippen LogP contribution in [0.5, 0.6) is 0 Å². The minimum atomic E-state index is -3.34. The summed E-state index contributed by atoms with van der Waals surface area (Å²) in [5.74, 6) is 2.09. The Labute approximate surface area is 124 Å². The first-order chi connectivity index (χ1) is 9.60. The van der Waals surface area contributed by atoms with E-state index in [0.717, 1.165) is 23.1 Å². The molecular formula is C14H22N2O2S2. The fraction of sp³-hybridized carbons (Fsp3) is 0.714. The maximum Gasteiger partial charge on any atom is 0.250 e. The van der Waals surface area contributed by atoms with E-state index in [9.17, 15) is 8.42 Å². The first-order valence-electron chi connectivity index (χ1n) is 7.38. The summed E-state index contributed by atoms with van der Waals surface area (Å²) in [7, 11) is -3.34. The van der Waals surface area contributed by atoms with Gasteiger partial charge in [0, 0.05) is 11.4 Å². The zero-order chi connectivity index (χ0) is 14.2. The molecule has 112 valence electrons. The van der Waals surface area contributed by atoms with E-state index in [2.05, 4.69) is 4.72 Å². The van der Waals surface area contributed by atoms with Gasteiger partial charge in [-0.3, -0.25) is 0 Å². The molecule has 1 aromatic heterocycles. The van der Waals surface area contributed by atoms with Gasteiger partial charge in [0.05, 0.1) is 0 Å². The third kappa shape index (κ3) is 3.42. The van der Waals surface area contributed by atoms with Gasteiger partial charge in [-0.2, -0.15) is 0 Å². The van der Waals surface area contributed by atoms with Crippen LogP contribution >= 0.6 is 11.3 Å². The van der Waals surface area contributed by atoms with Crippen LogP contribution in [0.2, 0.25) is 0 Å². The third-order valence-corrected chi connectivity index (χ3v) is 7.32. The Morgan fingerprint density at radius 3 is 2.45 bits per heavy atom. The SMILES string of the molecule is NCCc1ccc(S(=O)(=O)NCC(C2CC2)C2CC2)s1. The van der Waals surface area contributed by atoms with Crippen LogP contribution in [0.1, 0.15) is 30.6 Å². The predicted octanol–water partition coefficient (Wildman–Crippen LogP) is 1.96. The topological polar surface area (TPSA) is 72.2 Å². The smallest absolute Gasteiger partial charge is 0.250 e. The monoisotopic (exact) mass is 314 g/mol. The van der Waals surface area contributed by atoms with Crippen molar-refractivity contribution < 1.29 is 8.42 Å². The van der Waals surface area contributed by atoms with Crippen molar-refractivity contribution in [3.05, 3.63) is 17.0 Å². The Morgan fingerprint density at radius 2 is 1.90 bits per heavy atom. The van der Waals surface area contributed by atoms with E-state index in [1.165, 1.54) is 37.0 Å². The zero-order valence-corrected chi connectivity index (χ0v) is 13.2. The highest BCUT2D eigenvalue weighted by molar-refractivity contribution is 7.91. The highest BCUT2D eigenvalue weighted by Crippen LogP contribution is 2.48. The lowest BCUT2D eigenvalue weighted by Gasteiger charge is -2.15. The van der Waals surface area contributed by atoms with E-state index >= 15 is 0 Å².